The first-order valence-corrected chi connectivity index (χ1v) is 36.2. The summed E-state index contributed by atoms with van der Waals surface area (Å²) in [6.07, 6.45) is 98.2. The number of carbonyl (C=O) groups is 2. The lowest BCUT2D eigenvalue weighted by Gasteiger charge is -2.19. The van der Waals surface area contributed by atoms with Crippen LogP contribution in [0.5, 0.6) is 0 Å². The third-order valence-electron chi connectivity index (χ3n) is 14.6. The van der Waals surface area contributed by atoms with Gasteiger partial charge in [0, 0.05) is 19.4 Å². The lowest BCUT2D eigenvalue weighted by atomic mass is 10.0. The molecule has 0 aliphatic rings. The molecular weight excluding hydrogens is 1070 g/mol. The molecule has 0 heterocycles. The van der Waals surface area contributed by atoms with Crippen LogP contribution in [0.3, 0.4) is 0 Å². The molecule has 0 aromatic carbocycles. The summed E-state index contributed by atoms with van der Waals surface area (Å²) in [4.78, 5) is 35.3. The average Bonchev–Trinajstić information content (AvgIpc) is 3.52. The zero-order chi connectivity index (χ0) is 61.6. The van der Waals surface area contributed by atoms with Crippen molar-refractivity contribution in [1.82, 2.24) is 0 Å². The summed E-state index contributed by atoms with van der Waals surface area (Å²) in [5.41, 5.74) is 5.40. The smallest absolute Gasteiger partial charge is 0.462 e. The van der Waals surface area contributed by atoms with Gasteiger partial charge in [-0.2, -0.15) is 0 Å². The zero-order valence-electron chi connectivity index (χ0n) is 54.5. The maximum Gasteiger partial charge on any atom is 0.472 e. The fraction of sp³-hybridized carbons (Fsp3) is 0.680. The maximum atomic E-state index is 12.8. The summed E-state index contributed by atoms with van der Waals surface area (Å²) in [5.74, 6) is -0.837. The Balaban J connectivity index is 3.97. The molecule has 9 nitrogen and oxygen atoms in total. The van der Waals surface area contributed by atoms with Gasteiger partial charge in [-0.05, 0) is 96.3 Å². The molecule has 0 fully saturated rings. The summed E-state index contributed by atoms with van der Waals surface area (Å²) in [5, 5.41) is 0. The van der Waals surface area contributed by atoms with E-state index in [2.05, 4.69) is 148 Å². The largest absolute Gasteiger partial charge is 0.472 e. The van der Waals surface area contributed by atoms with E-state index in [4.69, 9.17) is 24.3 Å². The van der Waals surface area contributed by atoms with Crippen molar-refractivity contribution in [3.63, 3.8) is 0 Å². The Labute approximate surface area is 523 Å². The van der Waals surface area contributed by atoms with Crippen molar-refractivity contribution in [2.45, 2.75) is 302 Å². The molecule has 0 aromatic rings. The minimum atomic E-state index is -4.40. The summed E-state index contributed by atoms with van der Waals surface area (Å²) >= 11 is 0. The number of rotatable bonds is 64. The van der Waals surface area contributed by atoms with Crippen LogP contribution in [0.25, 0.3) is 0 Å². The van der Waals surface area contributed by atoms with Gasteiger partial charge in [0.15, 0.2) is 6.10 Å². The molecule has 0 rings (SSSR count). The van der Waals surface area contributed by atoms with E-state index in [1.807, 2.05) is 0 Å². The van der Waals surface area contributed by atoms with Gasteiger partial charge >= 0.3 is 19.8 Å². The number of phosphoric acid groups is 1. The number of unbranched alkanes of at least 4 members (excludes halogenated alkanes) is 29. The molecule has 0 aliphatic carbocycles. The summed E-state index contributed by atoms with van der Waals surface area (Å²) in [6.45, 7) is 3.64. The number of hydrogen-bond donors (Lipinski definition) is 2. The molecule has 0 aromatic heterocycles. The Morgan fingerprint density at radius 1 is 0.365 bits per heavy atom. The fourth-order valence-electron chi connectivity index (χ4n) is 9.47. The van der Waals surface area contributed by atoms with Gasteiger partial charge in [0.05, 0.1) is 13.2 Å². The second-order valence-corrected chi connectivity index (χ2v) is 24.1. The molecule has 3 N–H and O–H groups in total. The topological polar surface area (TPSA) is 134 Å². The monoisotopic (exact) mass is 1200 g/mol. The van der Waals surface area contributed by atoms with Crippen LogP contribution in [0.4, 0.5) is 0 Å². The van der Waals surface area contributed by atoms with Crippen molar-refractivity contribution in [1.29, 1.82) is 0 Å². The summed E-state index contributed by atoms with van der Waals surface area (Å²) in [7, 11) is -4.40. The Hall–Kier alpha value is -3.85. The Morgan fingerprint density at radius 2 is 0.647 bits per heavy atom. The first kappa shape index (κ1) is 81.2. The van der Waals surface area contributed by atoms with Gasteiger partial charge in [-0.15, -0.1) is 0 Å². The van der Waals surface area contributed by atoms with E-state index in [9.17, 15) is 19.0 Å². The van der Waals surface area contributed by atoms with Gasteiger partial charge in [0.25, 0.3) is 0 Å². The average molecular weight is 1200 g/mol. The van der Waals surface area contributed by atoms with Gasteiger partial charge in [-0.25, -0.2) is 4.57 Å². The van der Waals surface area contributed by atoms with Gasteiger partial charge in [-0.1, -0.05) is 321 Å². The van der Waals surface area contributed by atoms with Crippen molar-refractivity contribution >= 4 is 19.8 Å². The number of phosphoric ester groups is 1. The Morgan fingerprint density at radius 3 is 0.965 bits per heavy atom. The van der Waals surface area contributed by atoms with E-state index < -0.39 is 26.5 Å². The number of carbonyl (C=O) groups excluding carboxylic acids is 2. The molecule has 0 spiro atoms. The highest BCUT2D eigenvalue weighted by Gasteiger charge is 2.26. The predicted octanol–water partition coefficient (Wildman–Crippen LogP) is 22.9. The molecule has 0 saturated heterocycles. The van der Waals surface area contributed by atoms with Gasteiger partial charge < -0.3 is 20.1 Å². The SMILES string of the molecule is CC/C=C\C/C=C\C/C=C\C/C=C\C/C=C\C/C=C\C/C=C\C/C=C\C/C=C\C/C=C\C/C=C\CCCCCCCCCC(=O)OC(COC(=O)CCCCCCCCCCCCCCCCCCCCCCCCC)COP(=O)(O)OCCN. The fourth-order valence-corrected chi connectivity index (χ4v) is 10.2. The van der Waals surface area contributed by atoms with Crippen molar-refractivity contribution in [2.24, 2.45) is 5.73 Å². The highest BCUT2D eigenvalue weighted by atomic mass is 31.2. The standard InChI is InChI=1S/C75H128NO8P/c1-3-5-7-9-11-13-15-17-19-21-23-25-27-28-29-30-31-32-33-34-35-36-37-38-39-40-41-42-43-44-46-48-50-52-54-56-58-60-62-64-66-68-75(78)84-73(72-83-85(79,80)82-70-69-76)71-81-74(77)67-65-63-61-59-57-55-53-51-49-47-45-26-24-22-20-18-16-14-12-10-8-6-4-2/h5,7,11,13,17,19,23,25,28-29,31-32,34-35,37-38,40-41,43-44,48,50,73H,3-4,6,8-10,12,14-16,18,20-22,24,26-27,30,33,36,39,42,45-47,49,51-72,76H2,1-2H3,(H,79,80)/b7-5-,13-11-,19-17-,25-23-,29-28-,32-31-,35-34-,38-37-,41-40-,44-43-,50-48-. The van der Waals surface area contributed by atoms with Crippen LogP contribution in [0.2, 0.25) is 0 Å². The number of allylic oxidation sites excluding steroid dienone is 22. The van der Waals surface area contributed by atoms with Crippen LogP contribution < -0.4 is 5.73 Å². The van der Waals surface area contributed by atoms with Gasteiger partial charge in [0.2, 0.25) is 0 Å². The second-order valence-electron chi connectivity index (χ2n) is 22.7. The molecule has 2 unspecified atom stereocenters. The normalized spacial score (nSPS) is 13.8. The van der Waals surface area contributed by atoms with E-state index in [-0.39, 0.29) is 38.6 Å². The van der Waals surface area contributed by atoms with E-state index in [0.29, 0.717) is 6.42 Å². The molecule has 0 aliphatic heterocycles. The third-order valence-corrected chi connectivity index (χ3v) is 15.5. The minimum Gasteiger partial charge on any atom is -0.462 e. The van der Waals surface area contributed by atoms with Crippen molar-refractivity contribution < 1.29 is 37.6 Å². The van der Waals surface area contributed by atoms with Crippen LogP contribution in [0.1, 0.15) is 296 Å². The quantitative estimate of drug-likeness (QED) is 0.0264. The number of esters is 2. The highest BCUT2D eigenvalue weighted by Crippen LogP contribution is 2.43. The number of nitrogens with two attached hydrogens (primary N) is 1. The Kier molecular flexibility index (Phi) is 66.1. The molecular formula is C75H128NO8P. The third kappa shape index (κ3) is 69.1. The molecule has 486 valence electrons. The van der Waals surface area contributed by atoms with E-state index >= 15 is 0 Å². The van der Waals surface area contributed by atoms with Crippen molar-refractivity contribution in [3.05, 3.63) is 134 Å². The first-order valence-electron chi connectivity index (χ1n) is 34.7. The summed E-state index contributed by atoms with van der Waals surface area (Å²) < 4.78 is 33.1. The van der Waals surface area contributed by atoms with Crippen LogP contribution in [-0.4, -0.2) is 49.3 Å². The molecule has 0 saturated carbocycles. The zero-order valence-corrected chi connectivity index (χ0v) is 55.4. The van der Waals surface area contributed by atoms with E-state index in [1.165, 1.54) is 148 Å². The van der Waals surface area contributed by atoms with E-state index in [0.717, 1.165) is 116 Å². The molecule has 2 atom stereocenters. The molecule has 0 bridgehead atoms. The van der Waals surface area contributed by atoms with Crippen molar-refractivity contribution in [3.8, 4) is 0 Å². The van der Waals surface area contributed by atoms with Gasteiger partial charge in [0.1, 0.15) is 6.61 Å². The Bertz CT molecular complexity index is 1860. The maximum absolute atomic E-state index is 12.8. The molecule has 85 heavy (non-hydrogen) atoms. The molecule has 0 amide bonds. The first-order chi connectivity index (χ1) is 41.8. The second kappa shape index (κ2) is 69.3. The van der Waals surface area contributed by atoms with Crippen molar-refractivity contribution in [2.75, 3.05) is 26.4 Å². The highest BCUT2D eigenvalue weighted by molar-refractivity contribution is 7.47. The molecule has 0 radical (unpaired) electrons. The lowest BCUT2D eigenvalue weighted by molar-refractivity contribution is -0.161. The number of ether oxygens (including phenoxy) is 2. The summed E-state index contributed by atoms with van der Waals surface area (Å²) in [6, 6.07) is 0. The minimum absolute atomic E-state index is 0.0469. The molecule has 10 heteroatoms. The van der Waals surface area contributed by atoms with Gasteiger partial charge in [-0.3, -0.25) is 18.6 Å². The van der Waals surface area contributed by atoms with Crippen LogP contribution >= 0.6 is 7.82 Å². The van der Waals surface area contributed by atoms with Crippen LogP contribution in [0.15, 0.2) is 134 Å². The number of hydrogen-bond acceptors (Lipinski definition) is 8. The van der Waals surface area contributed by atoms with Crippen LogP contribution in [-0.2, 0) is 32.7 Å². The van der Waals surface area contributed by atoms with Crippen LogP contribution in [0, 0.1) is 0 Å². The van der Waals surface area contributed by atoms with E-state index in [1.54, 1.807) is 0 Å². The lowest BCUT2D eigenvalue weighted by Crippen LogP contribution is -2.29. The predicted molar refractivity (Wildman–Crippen MR) is 367 cm³/mol.